The summed E-state index contributed by atoms with van der Waals surface area (Å²) in [5, 5.41) is 6.18. The lowest BCUT2D eigenvalue weighted by Crippen LogP contribution is -2.46. The van der Waals surface area contributed by atoms with Gasteiger partial charge in [-0.05, 0) is 53.9 Å². The Balaban J connectivity index is 1.43. The molecule has 35 heavy (non-hydrogen) atoms. The van der Waals surface area contributed by atoms with Crippen molar-refractivity contribution in [2.24, 2.45) is 5.73 Å². The third kappa shape index (κ3) is 4.95. The molecule has 1 fully saturated rings. The first kappa shape index (κ1) is 22.8. The zero-order valence-electron chi connectivity index (χ0n) is 19.7. The zero-order chi connectivity index (χ0) is 24.4. The number of para-hydroxylation sites is 1. The number of hydrogen-bond donors (Lipinski definition) is 2. The van der Waals surface area contributed by atoms with Gasteiger partial charge >= 0.3 is 0 Å². The van der Waals surface area contributed by atoms with Gasteiger partial charge in [0.2, 0.25) is 5.91 Å². The van der Waals surface area contributed by atoms with Crippen molar-refractivity contribution in [1.82, 2.24) is 15.2 Å². The number of carbonyl (C=O) groups excluding carboxylic acids is 2. The molecular formula is C28H28N4O3. The second-order valence-corrected chi connectivity index (χ2v) is 8.99. The lowest BCUT2D eigenvalue weighted by atomic mass is 10.00. The maximum absolute atomic E-state index is 13.4. The van der Waals surface area contributed by atoms with Crippen LogP contribution >= 0.6 is 0 Å². The predicted octanol–water partition coefficient (Wildman–Crippen LogP) is 3.74. The molecule has 7 heteroatoms. The van der Waals surface area contributed by atoms with Crippen LogP contribution in [-0.2, 0) is 4.79 Å². The number of hydrogen-bond acceptors (Lipinski definition) is 5. The van der Waals surface area contributed by atoms with Crippen molar-refractivity contribution in [3.8, 4) is 17.0 Å². The summed E-state index contributed by atoms with van der Waals surface area (Å²) in [6.07, 6.45) is 1.56. The fourth-order valence-electron chi connectivity index (χ4n) is 4.74. The summed E-state index contributed by atoms with van der Waals surface area (Å²) in [4.78, 5) is 31.5. The molecule has 5 rings (SSSR count). The number of nitrogens with two attached hydrogens (primary N) is 1. The van der Waals surface area contributed by atoms with Crippen molar-refractivity contribution in [2.75, 3.05) is 26.7 Å². The standard InChI is InChI=1S/C28H28N4O3/c1-35-22-9-8-18-14-20(7-6-19(18)15-22)26-16-24(23-4-2-3-5-25(23)31-26)28(34)30-21-10-12-32(13-11-21)17-27(29)33/h2-9,14-16,21H,10-13,17H2,1H3,(H2,29,33)(H,30,34). The van der Waals surface area contributed by atoms with Gasteiger partial charge in [0.25, 0.3) is 5.91 Å². The number of nitrogens with zero attached hydrogens (tertiary/aromatic N) is 2. The van der Waals surface area contributed by atoms with E-state index in [1.807, 2.05) is 65.6 Å². The summed E-state index contributed by atoms with van der Waals surface area (Å²) >= 11 is 0. The Morgan fingerprint density at radius 2 is 1.77 bits per heavy atom. The molecule has 0 radical (unpaired) electrons. The predicted molar refractivity (Wildman–Crippen MR) is 137 cm³/mol. The number of carbonyl (C=O) groups is 2. The van der Waals surface area contributed by atoms with Gasteiger partial charge in [0.05, 0.1) is 30.4 Å². The summed E-state index contributed by atoms with van der Waals surface area (Å²) in [6.45, 7) is 1.73. The number of piperidine rings is 1. The molecule has 0 saturated carbocycles. The molecule has 1 saturated heterocycles. The van der Waals surface area contributed by atoms with Gasteiger partial charge in [-0.15, -0.1) is 0 Å². The maximum atomic E-state index is 13.4. The lowest BCUT2D eigenvalue weighted by Gasteiger charge is -2.31. The number of nitrogens with one attached hydrogen (secondary N) is 1. The van der Waals surface area contributed by atoms with Crippen LogP contribution in [0.15, 0.2) is 66.7 Å². The van der Waals surface area contributed by atoms with E-state index < -0.39 is 0 Å². The number of fused-ring (bicyclic) bond motifs is 2. The van der Waals surface area contributed by atoms with Crippen LogP contribution in [0.2, 0.25) is 0 Å². The normalized spacial score (nSPS) is 14.8. The van der Waals surface area contributed by atoms with E-state index in [0.717, 1.165) is 64.6 Å². The number of rotatable bonds is 6. The summed E-state index contributed by atoms with van der Waals surface area (Å²) in [5.41, 5.74) is 8.40. The highest BCUT2D eigenvalue weighted by Crippen LogP contribution is 2.29. The Bertz CT molecular complexity index is 1410. The second-order valence-electron chi connectivity index (χ2n) is 8.99. The number of aromatic nitrogens is 1. The molecule has 2 heterocycles. The quantitative estimate of drug-likeness (QED) is 0.449. The molecule has 0 atom stereocenters. The molecular weight excluding hydrogens is 440 g/mol. The van der Waals surface area contributed by atoms with Crippen molar-refractivity contribution < 1.29 is 14.3 Å². The fourth-order valence-corrected chi connectivity index (χ4v) is 4.74. The Hall–Kier alpha value is -3.97. The molecule has 3 N–H and O–H groups in total. The maximum Gasteiger partial charge on any atom is 0.252 e. The van der Waals surface area contributed by atoms with E-state index >= 15 is 0 Å². The average Bonchev–Trinajstić information content (AvgIpc) is 2.88. The van der Waals surface area contributed by atoms with Crippen molar-refractivity contribution in [3.05, 3.63) is 72.3 Å². The molecule has 0 unspecified atom stereocenters. The summed E-state index contributed by atoms with van der Waals surface area (Å²) in [6, 6.07) is 21.8. The molecule has 0 spiro atoms. The molecule has 0 bridgehead atoms. The highest BCUT2D eigenvalue weighted by molar-refractivity contribution is 6.07. The number of benzene rings is 3. The van der Waals surface area contributed by atoms with E-state index in [0.29, 0.717) is 5.56 Å². The molecule has 7 nitrogen and oxygen atoms in total. The van der Waals surface area contributed by atoms with Gasteiger partial charge in [0, 0.05) is 30.1 Å². The van der Waals surface area contributed by atoms with Crippen LogP contribution < -0.4 is 15.8 Å². The van der Waals surface area contributed by atoms with Crippen LogP contribution in [0.5, 0.6) is 5.75 Å². The van der Waals surface area contributed by atoms with Crippen LogP contribution in [0.4, 0.5) is 0 Å². The molecule has 1 aliphatic rings. The summed E-state index contributed by atoms with van der Waals surface area (Å²) in [5.74, 6) is 0.383. The third-order valence-corrected chi connectivity index (χ3v) is 6.61. The molecule has 3 aromatic carbocycles. The minimum absolute atomic E-state index is 0.0534. The number of amides is 2. The second kappa shape index (κ2) is 9.72. The number of pyridine rings is 1. The van der Waals surface area contributed by atoms with E-state index in [-0.39, 0.29) is 24.4 Å². The van der Waals surface area contributed by atoms with Crippen LogP contribution in [-0.4, -0.2) is 54.5 Å². The molecule has 1 aliphatic heterocycles. The summed E-state index contributed by atoms with van der Waals surface area (Å²) in [7, 11) is 1.66. The monoisotopic (exact) mass is 468 g/mol. The Kier molecular flexibility index (Phi) is 6.33. The number of primary amides is 1. The smallest absolute Gasteiger partial charge is 0.252 e. The van der Waals surface area contributed by atoms with Gasteiger partial charge in [-0.3, -0.25) is 14.5 Å². The van der Waals surface area contributed by atoms with Crippen molar-refractivity contribution in [2.45, 2.75) is 18.9 Å². The van der Waals surface area contributed by atoms with E-state index in [1.54, 1.807) is 7.11 Å². The Morgan fingerprint density at radius 3 is 2.54 bits per heavy atom. The van der Waals surface area contributed by atoms with E-state index in [2.05, 4.69) is 11.4 Å². The van der Waals surface area contributed by atoms with Crippen LogP contribution in [0.1, 0.15) is 23.2 Å². The lowest BCUT2D eigenvalue weighted by molar-refractivity contribution is -0.119. The van der Waals surface area contributed by atoms with Gasteiger partial charge in [0.1, 0.15) is 5.75 Å². The van der Waals surface area contributed by atoms with Crippen LogP contribution in [0.3, 0.4) is 0 Å². The minimum atomic E-state index is -0.323. The van der Waals surface area contributed by atoms with Crippen LogP contribution in [0, 0.1) is 0 Å². The Morgan fingerprint density at radius 1 is 1.03 bits per heavy atom. The van der Waals surface area contributed by atoms with Crippen LogP contribution in [0.25, 0.3) is 32.9 Å². The van der Waals surface area contributed by atoms with Crippen molar-refractivity contribution in [3.63, 3.8) is 0 Å². The molecule has 1 aromatic heterocycles. The first-order chi connectivity index (χ1) is 17.0. The van der Waals surface area contributed by atoms with Gasteiger partial charge in [-0.25, -0.2) is 4.98 Å². The fraction of sp³-hybridized carbons (Fsp3) is 0.250. The number of ether oxygens (including phenoxy) is 1. The van der Waals surface area contributed by atoms with Crippen molar-refractivity contribution >= 4 is 33.5 Å². The third-order valence-electron chi connectivity index (χ3n) is 6.61. The molecule has 0 aliphatic carbocycles. The zero-order valence-corrected chi connectivity index (χ0v) is 19.7. The van der Waals surface area contributed by atoms with Gasteiger partial charge < -0.3 is 15.8 Å². The minimum Gasteiger partial charge on any atom is -0.497 e. The first-order valence-electron chi connectivity index (χ1n) is 11.8. The van der Waals surface area contributed by atoms with E-state index in [4.69, 9.17) is 15.5 Å². The SMILES string of the molecule is COc1ccc2cc(-c3cc(C(=O)NC4CCN(CC(N)=O)CC4)c4ccccc4n3)ccc2c1. The number of likely N-dealkylation sites (tertiary alicyclic amines) is 1. The molecule has 178 valence electrons. The van der Waals surface area contributed by atoms with E-state index in [9.17, 15) is 9.59 Å². The number of methoxy groups -OCH3 is 1. The van der Waals surface area contributed by atoms with Gasteiger partial charge in [-0.1, -0.05) is 36.4 Å². The average molecular weight is 469 g/mol. The highest BCUT2D eigenvalue weighted by Gasteiger charge is 2.23. The van der Waals surface area contributed by atoms with E-state index in [1.165, 1.54) is 0 Å². The van der Waals surface area contributed by atoms with Gasteiger partial charge in [-0.2, -0.15) is 0 Å². The molecule has 4 aromatic rings. The van der Waals surface area contributed by atoms with Crippen molar-refractivity contribution in [1.29, 1.82) is 0 Å². The largest absolute Gasteiger partial charge is 0.497 e. The summed E-state index contributed by atoms with van der Waals surface area (Å²) < 4.78 is 5.33. The Labute approximate surface area is 203 Å². The molecule has 2 amide bonds. The topological polar surface area (TPSA) is 97.5 Å². The first-order valence-corrected chi connectivity index (χ1v) is 11.8. The highest BCUT2D eigenvalue weighted by atomic mass is 16.5. The van der Waals surface area contributed by atoms with Gasteiger partial charge in [0.15, 0.2) is 0 Å².